The second-order valence-corrected chi connectivity index (χ2v) is 5.06. The van der Waals surface area contributed by atoms with Gasteiger partial charge in [-0.2, -0.15) is 0 Å². The number of nitrogens with one attached hydrogen (secondary N) is 1. The molecule has 0 spiro atoms. The molecule has 2 nitrogen and oxygen atoms in total. The molecule has 0 amide bonds. The molecule has 2 aromatic rings. The average molecular weight is 273 g/mol. The molecule has 0 fully saturated rings. The van der Waals surface area contributed by atoms with Crippen LogP contribution >= 0.6 is 0 Å². The zero-order valence-corrected chi connectivity index (χ0v) is 11.6. The number of hydrogen-bond acceptors (Lipinski definition) is 2. The van der Waals surface area contributed by atoms with Gasteiger partial charge in [-0.25, -0.2) is 4.39 Å². The van der Waals surface area contributed by atoms with Crippen LogP contribution in [0.2, 0.25) is 0 Å². The molecular weight excluding hydrogens is 253 g/mol. The smallest absolute Gasteiger partial charge is 0.126 e. The molecule has 2 N–H and O–H groups in total. The molecule has 0 bridgehead atoms. The lowest BCUT2D eigenvalue weighted by atomic mass is 10.1. The fraction of sp³-hybridized carbons (Fsp3) is 0.294. The van der Waals surface area contributed by atoms with Crippen LogP contribution in [0.4, 0.5) is 4.39 Å². The molecule has 0 saturated heterocycles. The van der Waals surface area contributed by atoms with Crippen molar-refractivity contribution in [1.82, 2.24) is 5.32 Å². The second-order valence-electron chi connectivity index (χ2n) is 5.06. The summed E-state index contributed by atoms with van der Waals surface area (Å²) in [6.45, 7) is 2.90. The highest BCUT2D eigenvalue weighted by Crippen LogP contribution is 2.09. The molecule has 1 unspecified atom stereocenters. The van der Waals surface area contributed by atoms with Crippen LogP contribution in [0.5, 0.6) is 0 Å². The second kappa shape index (κ2) is 7.17. The summed E-state index contributed by atoms with van der Waals surface area (Å²) in [6.07, 6.45) is 0.218. The van der Waals surface area contributed by atoms with Crippen molar-refractivity contribution in [2.24, 2.45) is 0 Å². The maximum atomic E-state index is 13.1. The molecule has 0 aliphatic rings. The molecule has 20 heavy (non-hydrogen) atoms. The maximum Gasteiger partial charge on any atom is 0.126 e. The average Bonchev–Trinajstić information content (AvgIpc) is 2.44. The van der Waals surface area contributed by atoms with Gasteiger partial charge in [-0.15, -0.1) is 0 Å². The topological polar surface area (TPSA) is 32.3 Å². The van der Waals surface area contributed by atoms with Crippen LogP contribution in [0.25, 0.3) is 0 Å². The maximum absolute atomic E-state index is 13.1. The van der Waals surface area contributed by atoms with Crippen LogP contribution in [0.3, 0.4) is 0 Å². The van der Waals surface area contributed by atoms with Gasteiger partial charge in [0.15, 0.2) is 0 Å². The van der Waals surface area contributed by atoms with E-state index in [0.717, 1.165) is 11.1 Å². The minimum atomic E-state index is -0.418. The van der Waals surface area contributed by atoms with Crippen LogP contribution < -0.4 is 5.32 Å². The monoisotopic (exact) mass is 273 g/mol. The van der Waals surface area contributed by atoms with Crippen molar-refractivity contribution in [3.63, 3.8) is 0 Å². The Morgan fingerprint density at radius 2 is 1.85 bits per heavy atom. The first-order valence-electron chi connectivity index (χ1n) is 6.83. The molecule has 106 valence electrons. The molecule has 0 aromatic heterocycles. The van der Waals surface area contributed by atoms with Gasteiger partial charge < -0.3 is 10.4 Å². The van der Waals surface area contributed by atoms with Gasteiger partial charge in [-0.1, -0.05) is 42.5 Å². The lowest BCUT2D eigenvalue weighted by molar-refractivity contribution is 0.171. The number of aliphatic hydroxyl groups excluding tert-OH is 1. The van der Waals surface area contributed by atoms with Crippen molar-refractivity contribution >= 4 is 0 Å². The molecule has 0 saturated carbocycles. The summed E-state index contributed by atoms with van der Waals surface area (Å²) in [5.41, 5.74) is 2.80. The van der Waals surface area contributed by atoms with E-state index in [4.69, 9.17) is 0 Å². The quantitative estimate of drug-likeness (QED) is 0.848. The Morgan fingerprint density at radius 3 is 2.55 bits per heavy atom. The summed E-state index contributed by atoms with van der Waals surface area (Å²) in [5, 5.41) is 13.2. The van der Waals surface area contributed by atoms with Crippen LogP contribution in [0.1, 0.15) is 16.7 Å². The molecule has 2 rings (SSSR count). The van der Waals surface area contributed by atoms with E-state index in [1.165, 1.54) is 6.07 Å². The first-order valence-corrected chi connectivity index (χ1v) is 6.83. The van der Waals surface area contributed by atoms with Gasteiger partial charge in [0.05, 0.1) is 6.10 Å². The van der Waals surface area contributed by atoms with Crippen molar-refractivity contribution in [1.29, 1.82) is 0 Å². The zero-order valence-electron chi connectivity index (χ0n) is 11.6. The van der Waals surface area contributed by atoms with E-state index < -0.39 is 6.10 Å². The third-order valence-corrected chi connectivity index (χ3v) is 3.25. The van der Waals surface area contributed by atoms with Gasteiger partial charge >= 0.3 is 0 Å². The third kappa shape index (κ3) is 4.44. The Bertz CT molecular complexity index is 542. The molecule has 3 heteroatoms. The Labute approximate surface area is 119 Å². The van der Waals surface area contributed by atoms with Gasteiger partial charge in [-0.05, 0) is 36.1 Å². The highest BCUT2D eigenvalue weighted by Gasteiger charge is 2.05. The van der Waals surface area contributed by atoms with Crippen LogP contribution in [-0.2, 0) is 13.0 Å². The lowest BCUT2D eigenvalue weighted by Gasteiger charge is -2.12. The first-order chi connectivity index (χ1) is 9.65. The predicted octanol–water partition coefficient (Wildman–Crippen LogP) is 2.83. The molecule has 0 radical (unpaired) electrons. The summed E-state index contributed by atoms with van der Waals surface area (Å²) in [5.74, 6) is -0.183. The Morgan fingerprint density at radius 1 is 1.10 bits per heavy atom. The van der Waals surface area contributed by atoms with Gasteiger partial charge in [0.25, 0.3) is 0 Å². The fourth-order valence-electron chi connectivity index (χ4n) is 2.16. The minimum Gasteiger partial charge on any atom is -0.391 e. The molecule has 0 aliphatic carbocycles. The van der Waals surface area contributed by atoms with E-state index in [0.29, 0.717) is 25.1 Å². The highest BCUT2D eigenvalue weighted by atomic mass is 19.1. The summed E-state index contributed by atoms with van der Waals surface area (Å²) in [6, 6.07) is 15.0. The number of aryl methyl sites for hydroxylation is 1. The van der Waals surface area contributed by atoms with E-state index in [1.54, 1.807) is 13.0 Å². The fourth-order valence-corrected chi connectivity index (χ4v) is 2.16. The summed E-state index contributed by atoms with van der Waals surface area (Å²) in [7, 11) is 0. The molecule has 2 aromatic carbocycles. The molecular formula is C17H20FNO. The number of rotatable bonds is 6. The van der Waals surface area contributed by atoms with E-state index >= 15 is 0 Å². The van der Waals surface area contributed by atoms with Crippen molar-refractivity contribution < 1.29 is 9.50 Å². The first kappa shape index (κ1) is 14.7. The zero-order chi connectivity index (χ0) is 14.4. The van der Waals surface area contributed by atoms with Gasteiger partial charge in [0, 0.05) is 13.1 Å². The van der Waals surface area contributed by atoms with Gasteiger partial charge in [-0.3, -0.25) is 0 Å². The van der Waals surface area contributed by atoms with E-state index in [-0.39, 0.29) is 5.82 Å². The van der Waals surface area contributed by atoms with Gasteiger partial charge in [0.1, 0.15) is 5.82 Å². The SMILES string of the molecule is Cc1cc(CNCC(O)Cc2ccccc2)ccc1F. The lowest BCUT2D eigenvalue weighted by Crippen LogP contribution is -2.28. The predicted molar refractivity (Wildman–Crippen MR) is 79.0 cm³/mol. The molecule has 0 aliphatic heterocycles. The van der Waals surface area contributed by atoms with Crippen molar-refractivity contribution in [3.8, 4) is 0 Å². The van der Waals surface area contributed by atoms with Crippen molar-refractivity contribution in [3.05, 3.63) is 71.0 Å². The highest BCUT2D eigenvalue weighted by molar-refractivity contribution is 5.23. The van der Waals surface area contributed by atoms with Crippen LogP contribution in [0, 0.1) is 12.7 Å². The third-order valence-electron chi connectivity index (χ3n) is 3.25. The summed E-state index contributed by atoms with van der Waals surface area (Å²) < 4.78 is 13.1. The Kier molecular flexibility index (Phi) is 5.27. The Hall–Kier alpha value is -1.71. The van der Waals surface area contributed by atoms with Crippen molar-refractivity contribution in [2.45, 2.75) is 26.0 Å². The normalized spacial score (nSPS) is 12.3. The standard InChI is InChI=1S/C17H20FNO/c1-13-9-15(7-8-17(13)18)11-19-12-16(20)10-14-5-3-2-4-6-14/h2-9,16,19-20H,10-12H2,1H3. The minimum absolute atomic E-state index is 0.183. The summed E-state index contributed by atoms with van der Waals surface area (Å²) in [4.78, 5) is 0. The summed E-state index contributed by atoms with van der Waals surface area (Å²) >= 11 is 0. The van der Waals surface area contributed by atoms with E-state index in [9.17, 15) is 9.50 Å². The van der Waals surface area contributed by atoms with E-state index in [1.807, 2.05) is 36.4 Å². The number of aliphatic hydroxyl groups is 1. The van der Waals surface area contributed by atoms with Crippen LogP contribution in [-0.4, -0.2) is 17.8 Å². The molecule has 0 heterocycles. The largest absolute Gasteiger partial charge is 0.391 e. The van der Waals surface area contributed by atoms with E-state index in [2.05, 4.69) is 5.32 Å². The van der Waals surface area contributed by atoms with Crippen LogP contribution in [0.15, 0.2) is 48.5 Å². The number of benzene rings is 2. The van der Waals surface area contributed by atoms with Crippen molar-refractivity contribution in [2.75, 3.05) is 6.54 Å². The Balaban J connectivity index is 1.76. The number of halogens is 1. The van der Waals surface area contributed by atoms with Gasteiger partial charge in [0.2, 0.25) is 0 Å². The molecule has 1 atom stereocenters. The number of hydrogen-bond donors (Lipinski definition) is 2.